The summed E-state index contributed by atoms with van der Waals surface area (Å²) in [4.78, 5) is 41.8. The zero-order chi connectivity index (χ0) is 24.8. The monoisotopic (exact) mass is 463 g/mol. The molecule has 0 spiro atoms. The normalized spacial score (nSPS) is 10.4. The summed E-state index contributed by atoms with van der Waals surface area (Å²) >= 11 is 0. The van der Waals surface area contributed by atoms with E-state index in [4.69, 9.17) is 21.6 Å². The molecule has 34 heavy (non-hydrogen) atoms. The van der Waals surface area contributed by atoms with Crippen LogP contribution in [0.2, 0.25) is 0 Å². The minimum Gasteiger partial charge on any atom is -0.465 e. The first-order valence-electron chi connectivity index (χ1n) is 10.2. The summed E-state index contributed by atoms with van der Waals surface area (Å²) in [6.07, 6.45) is 1.43. The predicted octanol–water partition coefficient (Wildman–Crippen LogP) is 0.921. The van der Waals surface area contributed by atoms with Gasteiger partial charge >= 0.3 is 5.97 Å². The quantitative estimate of drug-likeness (QED) is 0.142. The molecule has 1 aromatic heterocycles. The zero-order valence-corrected chi connectivity index (χ0v) is 18.7. The minimum atomic E-state index is -0.587. The summed E-state index contributed by atoms with van der Waals surface area (Å²) in [7, 11) is 2.80. The van der Waals surface area contributed by atoms with Crippen LogP contribution in [0.15, 0.2) is 53.5 Å². The van der Waals surface area contributed by atoms with Crippen molar-refractivity contribution in [2.75, 3.05) is 25.2 Å². The number of hydrogen-bond donors (Lipinski definition) is 5. The highest BCUT2D eigenvalue weighted by molar-refractivity contribution is 5.95. The number of rotatable bonds is 8. The predicted molar refractivity (Wildman–Crippen MR) is 129 cm³/mol. The van der Waals surface area contributed by atoms with Crippen LogP contribution in [0.3, 0.4) is 0 Å². The Bertz CT molecular complexity index is 1300. The second-order valence-corrected chi connectivity index (χ2v) is 7.36. The number of amidine groups is 1. The lowest BCUT2D eigenvalue weighted by Crippen LogP contribution is -2.34. The van der Waals surface area contributed by atoms with Crippen molar-refractivity contribution in [3.05, 3.63) is 75.7 Å². The van der Waals surface area contributed by atoms with E-state index < -0.39 is 17.4 Å². The molecule has 0 saturated carbocycles. The molecule has 2 aromatic carbocycles. The highest BCUT2D eigenvalue weighted by Gasteiger charge is 2.17. The van der Waals surface area contributed by atoms with Gasteiger partial charge in [0.05, 0.1) is 24.6 Å². The molecule has 0 aliphatic heterocycles. The third-order valence-electron chi connectivity index (χ3n) is 5.02. The van der Waals surface area contributed by atoms with Crippen LogP contribution >= 0.6 is 0 Å². The SMILES string of the molecule is CNc1ncc(-c2cc(N)cc(C(=O)OC)c2)n(CC(=O)NCc2ccc(C(=N)N)cc2)c1=O. The number of nitrogens with two attached hydrogens (primary N) is 2. The van der Waals surface area contributed by atoms with Crippen molar-refractivity contribution in [1.82, 2.24) is 14.9 Å². The number of methoxy groups -OCH3 is 1. The van der Waals surface area contributed by atoms with Crippen LogP contribution in [0, 0.1) is 5.41 Å². The Kier molecular flexibility index (Phi) is 7.26. The van der Waals surface area contributed by atoms with E-state index in [0.717, 1.165) is 5.56 Å². The van der Waals surface area contributed by atoms with E-state index in [9.17, 15) is 14.4 Å². The minimum absolute atomic E-state index is 0.0441. The fourth-order valence-electron chi connectivity index (χ4n) is 3.28. The molecule has 3 rings (SSSR count). The molecular weight excluding hydrogens is 438 g/mol. The topological polar surface area (TPSA) is 178 Å². The zero-order valence-electron chi connectivity index (χ0n) is 18.7. The molecule has 0 unspecified atom stereocenters. The Morgan fingerprint density at radius 1 is 1.15 bits per heavy atom. The van der Waals surface area contributed by atoms with Crippen molar-refractivity contribution in [2.45, 2.75) is 13.1 Å². The largest absolute Gasteiger partial charge is 0.465 e. The Morgan fingerprint density at radius 2 is 1.85 bits per heavy atom. The van der Waals surface area contributed by atoms with E-state index in [1.54, 1.807) is 37.4 Å². The molecule has 0 bridgehead atoms. The molecule has 0 fully saturated rings. The van der Waals surface area contributed by atoms with Crippen molar-refractivity contribution >= 4 is 29.2 Å². The van der Waals surface area contributed by atoms with Gasteiger partial charge in [0.15, 0.2) is 5.82 Å². The van der Waals surface area contributed by atoms with Gasteiger partial charge in [0, 0.05) is 30.4 Å². The molecule has 0 aliphatic rings. The molecule has 1 heterocycles. The lowest BCUT2D eigenvalue weighted by Gasteiger charge is -2.15. The Hall–Kier alpha value is -4.67. The number of benzene rings is 2. The average Bonchev–Trinajstić information content (AvgIpc) is 2.83. The van der Waals surface area contributed by atoms with Gasteiger partial charge in [-0.3, -0.25) is 19.6 Å². The maximum absolute atomic E-state index is 13.0. The van der Waals surface area contributed by atoms with Crippen LogP contribution < -0.4 is 27.7 Å². The van der Waals surface area contributed by atoms with Crippen molar-refractivity contribution < 1.29 is 14.3 Å². The number of carbonyl (C=O) groups excluding carboxylic acids is 2. The molecule has 0 radical (unpaired) electrons. The fraction of sp³-hybridized carbons (Fsp3) is 0.174. The highest BCUT2D eigenvalue weighted by atomic mass is 16.5. The van der Waals surface area contributed by atoms with E-state index in [1.165, 1.54) is 30.0 Å². The number of hydrogen-bond acceptors (Lipinski definition) is 8. The summed E-state index contributed by atoms with van der Waals surface area (Å²) in [6.45, 7) is -0.0743. The summed E-state index contributed by atoms with van der Waals surface area (Å²) in [6, 6.07) is 11.4. The van der Waals surface area contributed by atoms with E-state index in [2.05, 4.69) is 15.6 Å². The first kappa shape index (κ1) is 24.0. The standard InChI is InChI=1S/C23H25N7O4/c1-27-21-22(32)30(12-19(31)28-10-13-3-5-14(6-4-13)20(25)26)18(11-29-21)15-7-16(23(33)34-2)9-17(24)8-15/h3-9,11H,10,12,24H2,1-2H3,(H3,25,26)(H,27,29)(H,28,31). The molecule has 0 atom stereocenters. The van der Waals surface area contributed by atoms with Gasteiger partial charge in [-0.15, -0.1) is 0 Å². The number of anilines is 2. The fourth-order valence-corrected chi connectivity index (χ4v) is 3.28. The van der Waals surface area contributed by atoms with Gasteiger partial charge in [0.2, 0.25) is 5.91 Å². The third kappa shape index (κ3) is 5.38. The van der Waals surface area contributed by atoms with Crippen molar-refractivity contribution in [3.8, 4) is 11.3 Å². The number of ether oxygens (including phenoxy) is 1. The molecule has 11 heteroatoms. The Balaban J connectivity index is 1.89. The van der Waals surface area contributed by atoms with Gasteiger partial charge in [-0.1, -0.05) is 24.3 Å². The lowest BCUT2D eigenvalue weighted by molar-refractivity contribution is -0.121. The number of nitrogens with zero attached hydrogens (tertiary/aromatic N) is 2. The van der Waals surface area contributed by atoms with Crippen LogP contribution in [0.5, 0.6) is 0 Å². The average molecular weight is 463 g/mol. The van der Waals surface area contributed by atoms with Gasteiger partial charge in [0.25, 0.3) is 5.56 Å². The van der Waals surface area contributed by atoms with E-state index in [-0.39, 0.29) is 36.0 Å². The molecule has 7 N–H and O–H groups in total. The van der Waals surface area contributed by atoms with Gasteiger partial charge in [-0.25, -0.2) is 9.78 Å². The number of aromatic nitrogens is 2. The summed E-state index contributed by atoms with van der Waals surface area (Å²) in [5.41, 5.74) is 13.5. The van der Waals surface area contributed by atoms with Crippen molar-refractivity contribution in [3.63, 3.8) is 0 Å². The van der Waals surface area contributed by atoms with E-state index in [0.29, 0.717) is 16.8 Å². The maximum atomic E-state index is 13.0. The first-order valence-corrected chi connectivity index (χ1v) is 10.2. The third-order valence-corrected chi connectivity index (χ3v) is 5.02. The summed E-state index contributed by atoms with van der Waals surface area (Å²) in [5.74, 6) is -0.981. The Labute approximate surface area is 195 Å². The molecule has 3 aromatic rings. The van der Waals surface area contributed by atoms with Gasteiger partial charge in [0.1, 0.15) is 12.4 Å². The van der Waals surface area contributed by atoms with Crippen LogP contribution in [-0.2, 0) is 22.6 Å². The van der Waals surface area contributed by atoms with Crippen molar-refractivity contribution in [1.29, 1.82) is 5.41 Å². The second-order valence-electron chi connectivity index (χ2n) is 7.36. The van der Waals surface area contributed by atoms with Gasteiger partial charge in [-0.2, -0.15) is 0 Å². The highest BCUT2D eigenvalue weighted by Crippen LogP contribution is 2.23. The maximum Gasteiger partial charge on any atom is 0.337 e. The summed E-state index contributed by atoms with van der Waals surface area (Å²) in [5, 5.41) is 12.9. The van der Waals surface area contributed by atoms with Crippen LogP contribution in [0.1, 0.15) is 21.5 Å². The number of esters is 1. The van der Waals surface area contributed by atoms with E-state index >= 15 is 0 Å². The lowest BCUT2D eigenvalue weighted by atomic mass is 10.1. The van der Waals surface area contributed by atoms with Crippen LogP contribution in [-0.4, -0.2) is 41.4 Å². The number of amides is 1. The molecule has 11 nitrogen and oxygen atoms in total. The van der Waals surface area contributed by atoms with E-state index in [1.807, 2.05) is 0 Å². The summed E-state index contributed by atoms with van der Waals surface area (Å²) < 4.78 is 6.01. The second kappa shape index (κ2) is 10.3. The number of carbonyl (C=O) groups is 2. The van der Waals surface area contributed by atoms with Crippen LogP contribution in [0.4, 0.5) is 11.5 Å². The van der Waals surface area contributed by atoms with Gasteiger partial charge in [-0.05, 0) is 23.8 Å². The van der Waals surface area contributed by atoms with Crippen molar-refractivity contribution in [2.24, 2.45) is 5.73 Å². The van der Waals surface area contributed by atoms with Crippen LogP contribution in [0.25, 0.3) is 11.3 Å². The first-order chi connectivity index (χ1) is 16.2. The van der Waals surface area contributed by atoms with Gasteiger partial charge < -0.3 is 26.8 Å². The molecule has 1 amide bonds. The Morgan fingerprint density at radius 3 is 2.47 bits per heavy atom. The smallest absolute Gasteiger partial charge is 0.337 e. The number of nitrogens with one attached hydrogen (secondary N) is 3. The molecule has 0 aliphatic carbocycles. The molecule has 176 valence electrons. The number of nitrogen functional groups attached to an aromatic ring is 2. The molecule has 0 saturated heterocycles. The molecular formula is C23H25N7O4.